The van der Waals surface area contributed by atoms with Gasteiger partial charge in [-0.05, 0) is 48.5 Å². The van der Waals surface area contributed by atoms with Crippen LogP contribution in [0.5, 0.6) is 0 Å². The van der Waals surface area contributed by atoms with E-state index in [1.54, 1.807) is 72.2 Å². The molecular weight excluding hydrogens is 703 g/mol. The predicted octanol–water partition coefficient (Wildman–Crippen LogP) is 3.15. The van der Waals surface area contributed by atoms with Gasteiger partial charge in [-0.3, -0.25) is 19.9 Å². The van der Waals surface area contributed by atoms with Gasteiger partial charge >= 0.3 is 16.5 Å². The third kappa shape index (κ3) is 14.8. The van der Waals surface area contributed by atoms with Crippen molar-refractivity contribution in [1.29, 1.82) is 0 Å². The Bertz CT molecular complexity index is 1430. The molecule has 19 heteroatoms. The zero-order valence-corrected chi connectivity index (χ0v) is 27.1. The van der Waals surface area contributed by atoms with Crippen molar-refractivity contribution in [3.05, 3.63) is 109 Å². The van der Waals surface area contributed by atoms with Gasteiger partial charge in [-0.15, -0.1) is 20.4 Å². The molecule has 0 bridgehead atoms. The van der Waals surface area contributed by atoms with Gasteiger partial charge in [0.15, 0.2) is 0 Å². The summed E-state index contributed by atoms with van der Waals surface area (Å²) in [5.74, 6) is 0. The van der Waals surface area contributed by atoms with Crippen LogP contribution in [0.1, 0.15) is 0 Å². The average Bonchev–Trinajstić information content (AvgIpc) is 3.72. The number of hydrogen-bond acceptors (Lipinski definition) is 12. The van der Waals surface area contributed by atoms with Crippen LogP contribution in [0.3, 0.4) is 0 Å². The van der Waals surface area contributed by atoms with Crippen molar-refractivity contribution in [2.45, 2.75) is 0 Å². The van der Waals surface area contributed by atoms with Crippen LogP contribution in [-0.4, -0.2) is 61.6 Å². The maximum absolute atomic E-state index is 7.13. The molecule has 0 spiro atoms. The Morgan fingerprint density at radius 1 is 0.444 bits per heavy atom. The third-order valence-corrected chi connectivity index (χ3v) is 6.60. The molecule has 6 aromatic rings. The van der Waals surface area contributed by atoms with Crippen LogP contribution in [0, 0.1) is 0 Å². The smallest absolute Gasteiger partial charge is 0.753 e. The van der Waals surface area contributed by atoms with E-state index in [1.807, 2.05) is 48.5 Å². The maximum atomic E-state index is 7.13. The molecule has 14 nitrogen and oxygen atoms in total. The molecule has 0 unspecified atom stereocenters. The summed E-state index contributed by atoms with van der Waals surface area (Å²) in [7, 11) is 0. The molecule has 0 atom stereocenters. The van der Waals surface area contributed by atoms with Crippen LogP contribution in [0.4, 0.5) is 0 Å². The number of rotatable bonds is 4. The van der Waals surface area contributed by atoms with E-state index in [0.29, 0.717) is 0 Å². The van der Waals surface area contributed by atoms with E-state index in [9.17, 15) is 0 Å². The summed E-state index contributed by atoms with van der Waals surface area (Å²) in [5.41, 5.74) is 4.16. The molecule has 236 valence electrons. The molecule has 0 radical (unpaired) electrons. The number of isothiocyanates is 2. The number of aromatic nitrogens is 8. The first-order valence-electron chi connectivity index (χ1n) is 11.0. The summed E-state index contributed by atoms with van der Waals surface area (Å²) in [6, 6.07) is 15.4. The summed E-state index contributed by atoms with van der Waals surface area (Å²) in [6.07, 6.45) is 14.0. The van der Waals surface area contributed by atoms with Crippen LogP contribution >= 0.6 is 47.1 Å². The van der Waals surface area contributed by atoms with Crippen LogP contribution in [0.25, 0.3) is 53.1 Å². The summed E-state index contributed by atoms with van der Waals surface area (Å²) < 4.78 is 0. The minimum atomic E-state index is 0. The minimum Gasteiger partial charge on any atom is -0.753 e. The molecule has 0 saturated carbocycles. The van der Waals surface area contributed by atoms with Crippen LogP contribution in [0.15, 0.2) is 98.1 Å². The van der Waals surface area contributed by atoms with E-state index in [4.69, 9.17) is 10.8 Å². The number of hydrogen-bond donors (Lipinski definition) is 0. The number of nitrogens with zero attached hydrogens (tertiary/aromatic N) is 10. The fourth-order valence-corrected chi connectivity index (χ4v) is 4.60. The van der Waals surface area contributed by atoms with E-state index in [2.05, 4.69) is 64.8 Å². The first-order chi connectivity index (χ1) is 19.7. The van der Waals surface area contributed by atoms with Gasteiger partial charge < -0.3 is 32.7 Å². The monoisotopic (exact) mass is 728 g/mol. The van der Waals surface area contributed by atoms with Crippen molar-refractivity contribution in [3.63, 3.8) is 0 Å². The fraction of sp³-hybridized carbons (Fsp3) is 0. The molecule has 6 heterocycles. The normalized spacial score (nSPS) is 8.18. The average molecular weight is 730 g/mol. The Balaban J connectivity index is -0.000000610. The number of thiocarbonyl (C=S) groups is 2. The topological polar surface area (TPSA) is 277 Å². The van der Waals surface area contributed by atoms with Crippen molar-refractivity contribution in [2.75, 3.05) is 0 Å². The standard InChI is InChI=1S/2C12H8N4S.2CNS.Ni.4H2O/c2*1-5-13-6-2-9(1)11-15-16-12(17-11)10-3-7-14-8-4-10;2*2-1-3;;;;;/h2*1-8H;;;;4*1H2/q;;2*-1;+2;;;;/p+2. The van der Waals surface area contributed by atoms with Crippen molar-refractivity contribution < 1.29 is 38.4 Å². The molecule has 0 aliphatic carbocycles. The second-order valence-electron chi connectivity index (χ2n) is 6.95. The molecule has 0 fully saturated rings. The zero-order chi connectivity index (χ0) is 28.4. The Labute approximate surface area is 285 Å². The second kappa shape index (κ2) is 26.1. The van der Waals surface area contributed by atoms with Crippen molar-refractivity contribution in [3.8, 4) is 42.3 Å². The van der Waals surface area contributed by atoms with E-state index in [0.717, 1.165) is 42.3 Å². The van der Waals surface area contributed by atoms with Crippen molar-refractivity contribution in [1.82, 2.24) is 40.3 Å². The quantitative estimate of drug-likeness (QED) is 0.111. The summed E-state index contributed by atoms with van der Waals surface area (Å²) in [5, 5.41) is 37.3. The third-order valence-electron chi connectivity index (χ3n) is 4.56. The first kappa shape index (κ1) is 45.1. The summed E-state index contributed by atoms with van der Waals surface area (Å²) in [6.45, 7) is 0. The van der Waals surface area contributed by atoms with Gasteiger partial charge in [-0.1, -0.05) is 47.1 Å². The van der Waals surface area contributed by atoms with Gasteiger partial charge in [0.05, 0.1) is 0 Å². The Hall–Kier alpha value is -4.35. The van der Waals surface area contributed by atoms with E-state index >= 15 is 0 Å². The molecule has 6 aromatic heterocycles. The largest absolute Gasteiger partial charge is 2.00 e. The molecule has 0 aliphatic rings. The van der Waals surface area contributed by atoms with Gasteiger partial charge in [0.1, 0.15) is 20.0 Å². The number of pyridine rings is 4. The Morgan fingerprint density at radius 2 is 0.600 bits per heavy atom. The van der Waals surface area contributed by atoms with Gasteiger partial charge in [0.25, 0.3) is 0 Å². The molecule has 0 saturated heterocycles. The molecule has 45 heavy (non-hydrogen) atoms. The van der Waals surface area contributed by atoms with Gasteiger partial charge in [0.2, 0.25) is 0 Å². The maximum Gasteiger partial charge on any atom is 2.00 e. The molecule has 0 amide bonds. The molecule has 0 aromatic carbocycles. The molecule has 10 N–H and O–H groups in total. The molecule has 0 aliphatic heterocycles. The van der Waals surface area contributed by atoms with Crippen LogP contribution in [0.2, 0.25) is 0 Å². The van der Waals surface area contributed by atoms with Gasteiger partial charge in [-0.2, -0.15) is 10.3 Å². The van der Waals surface area contributed by atoms with Crippen molar-refractivity contribution in [2.24, 2.45) is 0 Å². The first-order valence-corrected chi connectivity index (χ1v) is 13.5. The van der Waals surface area contributed by atoms with Gasteiger partial charge in [0, 0.05) is 71.8 Å². The zero-order valence-electron chi connectivity index (χ0n) is 22.8. The SMILES string of the molecule is O.O.[N-]=C=S.[N-]=C=S.[Ni+2].[OH3+].[OH3+].c1cc(-c2nnc(-c3ccncc3)s2)ccn1.c1cc(-c2nnc(-c3ccncc3)s2)ccn1. The summed E-state index contributed by atoms with van der Waals surface area (Å²) in [4.78, 5) is 15.9. The van der Waals surface area contributed by atoms with E-state index in [-0.39, 0.29) is 38.4 Å². The van der Waals surface area contributed by atoms with Crippen molar-refractivity contribution >= 4 is 57.4 Å². The van der Waals surface area contributed by atoms with Crippen LogP contribution < -0.4 is 0 Å². The van der Waals surface area contributed by atoms with E-state index in [1.165, 1.54) is 10.3 Å². The molecule has 6 rings (SSSR count). The van der Waals surface area contributed by atoms with Crippen LogP contribution in [-0.2, 0) is 27.4 Å². The second-order valence-corrected chi connectivity index (χ2v) is 9.27. The fourth-order valence-electron chi connectivity index (χ4n) is 2.89. The predicted molar refractivity (Wildman–Crippen MR) is 182 cm³/mol. The Morgan fingerprint density at radius 3 is 0.756 bits per heavy atom. The van der Waals surface area contributed by atoms with E-state index < -0.39 is 0 Å². The minimum absolute atomic E-state index is 0. The van der Waals surface area contributed by atoms with Gasteiger partial charge in [-0.25, -0.2) is 0 Å². The Kier molecular flexibility index (Phi) is 26.1. The summed E-state index contributed by atoms with van der Waals surface area (Å²) >= 11 is 10.5. The molecular formula is C26H26N10NiO4S4+2.